The molecule has 0 spiro atoms. The Morgan fingerprint density at radius 1 is 1.25 bits per heavy atom. The van der Waals surface area contributed by atoms with Gasteiger partial charge in [-0.3, -0.25) is 18.5 Å². The molecule has 3 aromatic rings. The third-order valence-corrected chi connectivity index (χ3v) is 4.73. The highest BCUT2D eigenvalue weighted by Crippen LogP contribution is 2.24. The number of nitrogens with zero attached hydrogens (tertiary/aromatic N) is 4. The van der Waals surface area contributed by atoms with Gasteiger partial charge in [0.1, 0.15) is 5.82 Å². The van der Waals surface area contributed by atoms with Gasteiger partial charge in [0, 0.05) is 20.2 Å². The van der Waals surface area contributed by atoms with Gasteiger partial charge in [0.2, 0.25) is 0 Å². The van der Waals surface area contributed by atoms with Crippen molar-refractivity contribution in [2.24, 2.45) is 7.05 Å². The van der Waals surface area contributed by atoms with E-state index in [1.165, 1.54) is 52.6 Å². The van der Waals surface area contributed by atoms with Crippen LogP contribution in [0.2, 0.25) is 0 Å². The minimum Gasteiger partial charge on any atom is -0.422 e. The van der Waals surface area contributed by atoms with Crippen molar-refractivity contribution in [2.45, 2.75) is 19.5 Å². The van der Waals surface area contributed by atoms with Crippen LogP contribution >= 0.6 is 0 Å². The molecule has 0 amide bonds. The maximum Gasteiger partial charge on any atom is 0.332 e. The zero-order valence-electron chi connectivity index (χ0n) is 17.4. The Bertz CT molecular complexity index is 1320. The number of aryl methyl sites for hydroxylation is 1. The number of halogens is 2. The van der Waals surface area contributed by atoms with Crippen molar-refractivity contribution < 1.29 is 18.6 Å². The molecule has 10 heteroatoms. The molecule has 0 atom stereocenters. The molecule has 0 bridgehead atoms. The highest BCUT2D eigenvalue weighted by Gasteiger charge is 2.22. The average Bonchev–Trinajstić information content (AvgIpc) is 3.11. The number of imidazole rings is 1. The maximum atomic E-state index is 13.9. The summed E-state index contributed by atoms with van der Waals surface area (Å²) in [7, 11) is 1.44. The molecule has 0 fully saturated rings. The minimum atomic E-state index is -0.889. The topological polar surface area (TPSA) is 91.3 Å². The number of allylic oxidation sites excluding steroid dienone is 3. The number of ether oxygens (including phenoxy) is 1. The van der Waals surface area contributed by atoms with Crippen molar-refractivity contribution in [2.75, 3.05) is 6.61 Å². The molecule has 168 valence electrons. The molecule has 1 N–H and O–H groups in total. The van der Waals surface area contributed by atoms with E-state index in [4.69, 9.17) is 9.84 Å². The summed E-state index contributed by atoms with van der Waals surface area (Å²) in [6.45, 7) is 6.54. The van der Waals surface area contributed by atoms with Gasteiger partial charge in [-0.2, -0.15) is 4.98 Å². The zero-order valence-corrected chi connectivity index (χ0v) is 17.4. The van der Waals surface area contributed by atoms with Crippen LogP contribution in [0.3, 0.4) is 0 Å². The predicted octanol–water partition coefficient (Wildman–Crippen LogP) is 2.40. The van der Waals surface area contributed by atoms with Crippen LogP contribution in [0.5, 0.6) is 6.01 Å². The van der Waals surface area contributed by atoms with Crippen LogP contribution in [0.1, 0.15) is 12.0 Å². The molecule has 0 aliphatic heterocycles. The largest absolute Gasteiger partial charge is 0.422 e. The van der Waals surface area contributed by atoms with Crippen molar-refractivity contribution in [3.8, 4) is 6.01 Å². The van der Waals surface area contributed by atoms with E-state index < -0.39 is 22.9 Å². The van der Waals surface area contributed by atoms with Crippen LogP contribution in [0, 0.1) is 5.82 Å². The Hall–Kier alpha value is -3.79. The quantitative estimate of drug-likeness (QED) is 0.404. The third kappa shape index (κ3) is 4.45. The van der Waals surface area contributed by atoms with Gasteiger partial charge in [-0.05, 0) is 30.2 Å². The van der Waals surface area contributed by atoms with E-state index in [0.717, 1.165) is 4.57 Å². The van der Waals surface area contributed by atoms with Crippen LogP contribution < -0.4 is 16.0 Å². The molecule has 1 aromatic carbocycles. The third-order valence-electron chi connectivity index (χ3n) is 4.73. The minimum absolute atomic E-state index is 0.00122. The van der Waals surface area contributed by atoms with Crippen molar-refractivity contribution in [1.29, 1.82) is 0 Å². The van der Waals surface area contributed by atoms with Gasteiger partial charge in [0.05, 0.1) is 6.54 Å². The normalized spacial score (nSPS) is 11.7. The molecule has 32 heavy (non-hydrogen) atoms. The van der Waals surface area contributed by atoms with Gasteiger partial charge in [-0.15, -0.1) is 0 Å². The van der Waals surface area contributed by atoms with Crippen molar-refractivity contribution in [1.82, 2.24) is 18.7 Å². The molecular formula is C22H22F2N4O4. The van der Waals surface area contributed by atoms with Crippen molar-refractivity contribution in [3.63, 3.8) is 0 Å². The van der Waals surface area contributed by atoms with Crippen LogP contribution in [-0.2, 0) is 20.1 Å². The zero-order chi connectivity index (χ0) is 23.4. The first-order valence-corrected chi connectivity index (χ1v) is 9.69. The Balaban J connectivity index is 2.29. The summed E-state index contributed by atoms with van der Waals surface area (Å²) in [5.41, 5.74) is -0.592. The van der Waals surface area contributed by atoms with E-state index in [2.05, 4.69) is 18.1 Å². The van der Waals surface area contributed by atoms with Crippen LogP contribution in [0.25, 0.3) is 11.2 Å². The molecule has 0 aliphatic carbocycles. The first-order valence-electron chi connectivity index (χ1n) is 9.69. The molecule has 0 aliphatic rings. The van der Waals surface area contributed by atoms with Gasteiger partial charge < -0.3 is 9.84 Å². The van der Waals surface area contributed by atoms with Gasteiger partial charge in [0.25, 0.3) is 5.56 Å². The van der Waals surface area contributed by atoms with Crippen molar-refractivity contribution in [3.05, 3.63) is 93.4 Å². The number of hydrogen-bond acceptors (Lipinski definition) is 5. The van der Waals surface area contributed by atoms with E-state index >= 15 is 0 Å². The molecule has 2 aromatic heterocycles. The van der Waals surface area contributed by atoms with Crippen molar-refractivity contribution >= 4 is 11.2 Å². The summed E-state index contributed by atoms with van der Waals surface area (Å²) in [4.78, 5) is 30.1. The fourth-order valence-electron chi connectivity index (χ4n) is 3.16. The molecule has 3 rings (SSSR count). The Morgan fingerprint density at radius 3 is 2.53 bits per heavy atom. The molecule has 8 nitrogen and oxygen atoms in total. The molecule has 0 saturated heterocycles. The van der Waals surface area contributed by atoms with Gasteiger partial charge in [-0.1, -0.05) is 31.4 Å². The monoisotopic (exact) mass is 444 g/mol. The molecule has 2 heterocycles. The Labute approximate surface area is 181 Å². The van der Waals surface area contributed by atoms with Gasteiger partial charge in [-0.25, -0.2) is 13.6 Å². The number of aliphatic hydroxyl groups is 1. The Morgan fingerprint density at radius 2 is 1.94 bits per heavy atom. The second kappa shape index (κ2) is 9.56. The van der Waals surface area contributed by atoms with Crippen LogP contribution in [-0.4, -0.2) is 30.4 Å². The summed E-state index contributed by atoms with van der Waals surface area (Å²) < 4.78 is 36.3. The number of aromatic nitrogens is 4. The predicted molar refractivity (Wildman–Crippen MR) is 116 cm³/mol. The highest BCUT2D eigenvalue weighted by molar-refractivity contribution is 5.72. The standard InChI is InChI=1S/C22H22F2N4O4/c1-4-6-17(14(2)23)32-21-25-19-18(28(21)13-15-7-9-16(24)10-8-15)20(30)27(11-5-12-29)22(31)26(19)3/h4,6-10,29H,1-2,5,11-13H2,3H3/b17-6+. The van der Waals surface area contributed by atoms with E-state index in [1.807, 2.05) is 0 Å². The second-order valence-electron chi connectivity index (χ2n) is 6.93. The van der Waals surface area contributed by atoms with Gasteiger partial charge >= 0.3 is 11.7 Å². The number of hydrogen-bond donors (Lipinski definition) is 1. The summed E-state index contributed by atoms with van der Waals surface area (Å²) in [6, 6.07) is 5.40. The molecule has 0 radical (unpaired) electrons. The fourth-order valence-corrected chi connectivity index (χ4v) is 3.16. The lowest BCUT2D eigenvalue weighted by Crippen LogP contribution is -2.39. The molecule has 0 saturated carbocycles. The average molecular weight is 444 g/mol. The van der Waals surface area contributed by atoms with E-state index in [0.29, 0.717) is 5.56 Å². The number of rotatable bonds is 9. The van der Waals surface area contributed by atoms with Gasteiger partial charge in [0.15, 0.2) is 22.7 Å². The number of fused-ring (bicyclic) bond motifs is 1. The summed E-state index contributed by atoms with van der Waals surface area (Å²) in [5, 5.41) is 9.12. The van der Waals surface area contributed by atoms with E-state index in [9.17, 15) is 18.4 Å². The fraction of sp³-hybridized carbons (Fsp3) is 0.227. The SMILES string of the molecule is C=C/C=C(/Oc1nc2c(c(=O)n(CCCO)c(=O)n2C)n1Cc1ccc(F)cc1)C(=C)F. The first kappa shape index (κ1) is 22.9. The lowest BCUT2D eigenvalue weighted by molar-refractivity contribution is 0.277. The number of benzene rings is 1. The lowest BCUT2D eigenvalue weighted by Gasteiger charge is -2.12. The molecular weight excluding hydrogens is 422 g/mol. The maximum absolute atomic E-state index is 13.9. The van der Waals surface area contributed by atoms with Crippen LogP contribution in [0.4, 0.5) is 8.78 Å². The van der Waals surface area contributed by atoms with E-state index in [1.54, 1.807) is 0 Å². The smallest absolute Gasteiger partial charge is 0.332 e. The molecule has 0 unspecified atom stereocenters. The lowest BCUT2D eigenvalue weighted by atomic mass is 10.2. The Kier molecular flexibility index (Phi) is 6.84. The highest BCUT2D eigenvalue weighted by atomic mass is 19.1. The summed E-state index contributed by atoms with van der Waals surface area (Å²) in [5.74, 6) is -1.60. The summed E-state index contributed by atoms with van der Waals surface area (Å²) >= 11 is 0. The van der Waals surface area contributed by atoms with E-state index in [-0.39, 0.29) is 49.1 Å². The summed E-state index contributed by atoms with van der Waals surface area (Å²) in [6.07, 6.45) is 2.73. The van der Waals surface area contributed by atoms with Crippen LogP contribution in [0.15, 0.2) is 70.8 Å². The first-order chi connectivity index (χ1) is 15.3. The number of aliphatic hydroxyl groups excluding tert-OH is 1. The second-order valence-corrected chi connectivity index (χ2v) is 6.93.